The molecule has 0 saturated heterocycles. The van der Waals surface area contributed by atoms with E-state index in [2.05, 4.69) is 26.0 Å². The minimum absolute atomic E-state index is 0.0642. The molecule has 2 aromatic heterocycles. The number of hydrogen-bond acceptors (Lipinski definition) is 4. The van der Waals surface area contributed by atoms with Gasteiger partial charge in [0.25, 0.3) is 5.91 Å². The highest BCUT2D eigenvalue weighted by Gasteiger charge is 2.19. The molecule has 4 aromatic rings. The van der Waals surface area contributed by atoms with Crippen LogP contribution >= 0.6 is 22.7 Å². The number of thiazole rings is 1. The summed E-state index contributed by atoms with van der Waals surface area (Å²) in [6, 6.07) is 18.3. The Morgan fingerprint density at radius 3 is 2.68 bits per heavy atom. The van der Waals surface area contributed by atoms with E-state index in [4.69, 9.17) is 4.98 Å². The van der Waals surface area contributed by atoms with Gasteiger partial charge in [0.1, 0.15) is 0 Å². The number of fused-ring (bicyclic) bond motifs is 1. The maximum atomic E-state index is 13.1. The number of anilines is 1. The van der Waals surface area contributed by atoms with E-state index in [1.807, 2.05) is 53.9 Å². The van der Waals surface area contributed by atoms with Crippen LogP contribution in [0.15, 0.2) is 66.1 Å². The van der Waals surface area contributed by atoms with Crippen molar-refractivity contribution in [1.29, 1.82) is 0 Å². The van der Waals surface area contributed by atoms with Crippen molar-refractivity contribution < 1.29 is 4.79 Å². The average molecular weight is 405 g/mol. The van der Waals surface area contributed by atoms with Crippen LogP contribution in [0.1, 0.15) is 21.6 Å². The number of carbonyl (C=O) groups excluding carboxylic acids is 1. The van der Waals surface area contributed by atoms with Gasteiger partial charge >= 0.3 is 0 Å². The first kappa shape index (κ1) is 18.6. The molecule has 0 radical (unpaired) electrons. The zero-order valence-electron chi connectivity index (χ0n) is 15.8. The van der Waals surface area contributed by atoms with Crippen LogP contribution in [-0.4, -0.2) is 10.9 Å². The summed E-state index contributed by atoms with van der Waals surface area (Å²) in [5.41, 5.74) is 4.39. The molecule has 1 amide bonds. The van der Waals surface area contributed by atoms with Crippen LogP contribution < -0.4 is 4.90 Å². The first-order chi connectivity index (χ1) is 13.6. The number of amides is 1. The van der Waals surface area contributed by atoms with Crippen molar-refractivity contribution in [1.82, 2.24) is 4.98 Å². The standard InChI is InChI=1S/C23H20N2OS2/c1-16-13-17(2)22-20(14-16)28-23(24-22)25(15-18-7-4-3-5-8-18)21(26)11-10-19-9-6-12-27-19/h3-14H,15H2,1-2H3/b11-10+. The van der Waals surface area contributed by atoms with Gasteiger partial charge in [0.05, 0.1) is 16.8 Å². The highest BCUT2D eigenvalue weighted by molar-refractivity contribution is 7.22. The highest BCUT2D eigenvalue weighted by Crippen LogP contribution is 2.32. The zero-order valence-corrected chi connectivity index (χ0v) is 17.4. The average Bonchev–Trinajstić information content (AvgIpc) is 3.34. The van der Waals surface area contributed by atoms with Crippen LogP contribution in [0.2, 0.25) is 0 Å². The lowest BCUT2D eigenvalue weighted by molar-refractivity contribution is -0.114. The van der Waals surface area contributed by atoms with E-state index in [1.54, 1.807) is 33.6 Å². The fourth-order valence-corrected chi connectivity index (χ4v) is 4.87. The quantitative estimate of drug-likeness (QED) is 0.370. The summed E-state index contributed by atoms with van der Waals surface area (Å²) >= 11 is 3.18. The Balaban J connectivity index is 1.72. The summed E-state index contributed by atoms with van der Waals surface area (Å²) in [6.07, 6.45) is 3.51. The molecular formula is C23H20N2OS2. The van der Waals surface area contributed by atoms with E-state index in [0.29, 0.717) is 6.54 Å². The lowest BCUT2D eigenvalue weighted by Gasteiger charge is -2.18. The van der Waals surface area contributed by atoms with E-state index in [9.17, 15) is 4.79 Å². The van der Waals surface area contributed by atoms with Gasteiger partial charge in [-0.2, -0.15) is 0 Å². The van der Waals surface area contributed by atoms with Crippen molar-refractivity contribution in [2.75, 3.05) is 4.90 Å². The first-order valence-electron chi connectivity index (χ1n) is 9.05. The second-order valence-electron chi connectivity index (χ2n) is 6.68. The Hall–Kier alpha value is -2.76. The number of rotatable bonds is 5. The number of benzene rings is 2. The van der Waals surface area contributed by atoms with Gasteiger partial charge in [0, 0.05) is 11.0 Å². The van der Waals surface area contributed by atoms with E-state index < -0.39 is 0 Å². The molecule has 0 unspecified atom stereocenters. The van der Waals surface area contributed by atoms with Crippen molar-refractivity contribution in [2.24, 2.45) is 0 Å². The monoisotopic (exact) mass is 404 g/mol. The molecule has 0 atom stereocenters. The summed E-state index contributed by atoms with van der Waals surface area (Å²) < 4.78 is 1.11. The van der Waals surface area contributed by atoms with Gasteiger partial charge in [0.15, 0.2) is 5.13 Å². The van der Waals surface area contributed by atoms with E-state index in [1.165, 1.54) is 5.56 Å². The second kappa shape index (κ2) is 8.09. The molecule has 0 aliphatic heterocycles. The van der Waals surface area contributed by atoms with Gasteiger partial charge in [-0.15, -0.1) is 11.3 Å². The van der Waals surface area contributed by atoms with E-state index >= 15 is 0 Å². The largest absolute Gasteiger partial charge is 0.280 e. The van der Waals surface area contributed by atoms with Crippen LogP contribution in [0.4, 0.5) is 5.13 Å². The molecule has 0 aliphatic rings. The third-order valence-corrected chi connectivity index (χ3v) is 6.30. The van der Waals surface area contributed by atoms with Gasteiger partial charge < -0.3 is 0 Å². The number of nitrogens with zero attached hydrogens (tertiary/aromatic N) is 2. The fourth-order valence-electron chi connectivity index (χ4n) is 3.11. The molecule has 2 heterocycles. The fraction of sp³-hybridized carbons (Fsp3) is 0.130. The van der Waals surface area contributed by atoms with Crippen molar-refractivity contribution in [2.45, 2.75) is 20.4 Å². The molecule has 28 heavy (non-hydrogen) atoms. The Bertz CT molecular complexity index is 1130. The van der Waals surface area contributed by atoms with Crippen molar-refractivity contribution in [3.63, 3.8) is 0 Å². The van der Waals surface area contributed by atoms with Crippen LogP contribution in [0.5, 0.6) is 0 Å². The molecule has 2 aromatic carbocycles. The second-order valence-corrected chi connectivity index (χ2v) is 8.67. The number of carbonyl (C=O) groups is 1. The van der Waals surface area contributed by atoms with Crippen LogP contribution in [-0.2, 0) is 11.3 Å². The van der Waals surface area contributed by atoms with Crippen molar-refractivity contribution in [3.05, 3.63) is 87.6 Å². The maximum Gasteiger partial charge on any atom is 0.253 e. The Morgan fingerprint density at radius 1 is 1.11 bits per heavy atom. The summed E-state index contributed by atoms with van der Waals surface area (Å²) in [6.45, 7) is 4.65. The number of thiophene rings is 1. The molecule has 0 bridgehead atoms. The van der Waals surface area contributed by atoms with Gasteiger partial charge in [-0.1, -0.05) is 53.8 Å². The molecule has 0 aliphatic carbocycles. The van der Waals surface area contributed by atoms with Crippen LogP contribution in [0.3, 0.4) is 0 Å². The summed E-state index contributed by atoms with van der Waals surface area (Å²) in [5.74, 6) is -0.0642. The number of hydrogen-bond donors (Lipinski definition) is 0. The van der Waals surface area contributed by atoms with Crippen molar-refractivity contribution >= 4 is 50.0 Å². The van der Waals surface area contributed by atoms with Gasteiger partial charge in [-0.05, 0) is 54.1 Å². The van der Waals surface area contributed by atoms with Crippen molar-refractivity contribution in [3.8, 4) is 0 Å². The Morgan fingerprint density at radius 2 is 1.93 bits per heavy atom. The Labute approximate surface area is 172 Å². The predicted octanol–water partition coefficient (Wildman–Crippen LogP) is 6.22. The normalized spacial score (nSPS) is 11.4. The SMILES string of the molecule is Cc1cc(C)c2nc(N(Cc3ccccc3)C(=O)/C=C/c3cccs3)sc2c1. The summed E-state index contributed by atoms with van der Waals surface area (Å²) in [7, 11) is 0. The molecule has 0 saturated carbocycles. The van der Waals surface area contributed by atoms with Gasteiger partial charge in [-0.25, -0.2) is 4.98 Å². The smallest absolute Gasteiger partial charge is 0.253 e. The van der Waals surface area contributed by atoms with Gasteiger partial charge in [-0.3, -0.25) is 9.69 Å². The third kappa shape index (κ3) is 4.06. The molecule has 0 spiro atoms. The predicted molar refractivity (Wildman–Crippen MR) is 120 cm³/mol. The number of aromatic nitrogens is 1. The molecule has 4 rings (SSSR count). The molecule has 5 heteroatoms. The van der Waals surface area contributed by atoms with E-state index in [0.717, 1.165) is 31.4 Å². The molecular weight excluding hydrogens is 384 g/mol. The van der Waals surface area contributed by atoms with Crippen LogP contribution in [0, 0.1) is 13.8 Å². The molecule has 0 fully saturated rings. The molecule has 0 N–H and O–H groups in total. The van der Waals surface area contributed by atoms with E-state index in [-0.39, 0.29) is 5.91 Å². The summed E-state index contributed by atoms with van der Waals surface area (Å²) in [5, 5.41) is 2.73. The Kier molecular flexibility index (Phi) is 5.37. The summed E-state index contributed by atoms with van der Waals surface area (Å²) in [4.78, 5) is 20.7. The maximum absolute atomic E-state index is 13.1. The lowest BCUT2D eigenvalue weighted by Crippen LogP contribution is -2.28. The zero-order chi connectivity index (χ0) is 19.5. The minimum atomic E-state index is -0.0642. The van der Waals surface area contributed by atoms with Crippen LogP contribution in [0.25, 0.3) is 16.3 Å². The van der Waals surface area contributed by atoms with Gasteiger partial charge in [0.2, 0.25) is 0 Å². The highest BCUT2D eigenvalue weighted by atomic mass is 32.1. The topological polar surface area (TPSA) is 33.2 Å². The number of aryl methyl sites for hydroxylation is 2. The third-order valence-electron chi connectivity index (χ3n) is 4.43. The lowest BCUT2D eigenvalue weighted by atomic mass is 10.1. The minimum Gasteiger partial charge on any atom is -0.280 e. The molecule has 140 valence electrons. The first-order valence-corrected chi connectivity index (χ1v) is 10.7. The molecule has 3 nitrogen and oxygen atoms in total.